The van der Waals surface area contributed by atoms with Gasteiger partial charge in [-0.15, -0.1) is 0 Å². The lowest BCUT2D eigenvalue weighted by atomic mass is 9.82. The molecule has 17 heavy (non-hydrogen) atoms. The van der Waals surface area contributed by atoms with Crippen molar-refractivity contribution in [1.29, 1.82) is 0 Å². The van der Waals surface area contributed by atoms with Crippen molar-refractivity contribution < 1.29 is 15.1 Å². The monoisotopic (exact) mass is 243 g/mol. The zero-order valence-electron chi connectivity index (χ0n) is 10.3. The maximum Gasteiger partial charge on any atom is 0.233 e. The van der Waals surface area contributed by atoms with Crippen molar-refractivity contribution in [3.05, 3.63) is 0 Å². The van der Waals surface area contributed by atoms with Gasteiger partial charge in [0.15, 0.2) is 5.84 Å². The Hall–Kier alpha value is -1.30. The molecule has 0 saturated heterocycles. The lowest BCUT2D eigenvalue weighted by Gasteiger charge is -2.35. The summed E-state index contributed by atoms with van der Waals surface area (Å²) >= 11 is 0. The van der Waals surface area contributed by atoms with Crippen molar-refractivity contribution in [3.63, 3.8) is 0 Å². The SMILES string of the molecule is CCC(C(=O)N(C)CC1CC(O)C1)C(N)=NO. The Morgan fingerprint density at radius 2 is 2.18 bits per heavy atom. The highest BCUT2D eigenvalue weighted by molar-refractivity contribution is 6.01. The van der Waals surface area contributed by atoms with E-state index in [1.807, 2.05) is 6.92 Å². The van der Waals surface area contributed by atoms with Crippen molar-refractivity contribution in [3.8, 4) is 0 Å². The Balaban J connectivity index is 2.49. The number of nitrogens with two attached hydrogens (primary N) is 1. The maximum atomic E-state index is 12.0. The molecule has 1 unspecified atom stereocenters. The van der Waals surface area contributed by atoms with Crippen LogP contribution in [0.5, 0.6) is 0 Å². The molecule has 1 amide bonds. The minimum absolute atomic E-state index is 0.0435. The molecule has 1 aliphatic carbocycles. The Morgan fingerprint density at radius 1 is 1.59 bits per heavy atom. The van der Waals surface area contributed by atoms with Gasteiger partial charge >= 0.3 is 0 Å². The quantitative estimate of drug-likeness (QED) is 0.274. The van der Waals surface area contributed by atoms with E-state index >= 15 is 0 Å². The molecule has 0 radical (unpaired) electrons. The Kier molecular flexibility index (Phi) is 4.74. The lowest BCUT2D eigenvalue weighted by molar-refractivity contribution is -0.133. The molecular formula is C11H21N3O3. The Labute approximate surface area is 101 Å². The van der Waals surface area contributed by atoms with Gasteiger partial charge in [-0.3, -0.25) is 4.79 Å². The second-order valence-corrected chi connectivity index (χ2v) is 4.70. The summed E-state index contributed by atoms with van der Waals surface area (Å²) < 4.78 is 0. The van der Waals surface area contributed by atoms with Crippen molar-refractivity contribution in [2.24, 2.45) is 22.7 Å². The van der Waals surface area contributed by atoms with Gasteiger partial charge in [-0.05, 0) is 25.2 Å². The van der Waals surface area contributed by atoms with Crippen LogP contribution in [-0.4, -0.2) is 46.7 Å². The number of nitrogens with zero attached hydrogens (tertiary/aromatic N) is 2. The van der Waals surface area contributed by atoms with Gasteiger partial charge in [0.05, 0.1) is 12.0 Å². The smallest absolute Gasteiger partial charge is 0.233 e. The van der Waals surface area contributed by atoms with Crippen LogP contribution >= 0.6 is 0 Å². The summed E-state index contributed by atoms with van der Waals surface area (Å²) in [7, 11) is 1.71. The van der Waals surface area contributed by atoms with E-state index in [1.165, 1.54) is 0 Å². The minimum atomic E-state index is -0.560. The van der Waals surface area contributed by atoms with Crippen LogP contribution in [-0.2, 0) is 4.79 Å². The fourth-order valence-electron chi connectivity index (χ4n) is 2.17. The molecule has 1 aliphatic rings. The van der Waals surface area contributed by atoms with E-state index in [4.69, 9.17) is 10.9 Å². The summed E-state index contributed by atoms with van der Waals surface area (Å²) in [6, 6.07) is 0. The van der Waals surface area contributed by atoms with Crippen molar-refractivity contribution >= 4 is 11.7 Å². The van der Waals surface area contributed by atoms with Crippen LogP contribution in [0.2, 0.25) is 0 Å². The van der Waals surface area contributed by atoms with Gasteiger partial charge in [0.25, 0.3) is 0 Å². The second-order valence-electron chi connectivity index (χ2n) is 4.70. The first-order valence-corrected chi connectivity index (χ1v) is 5.90. The van der Waals surface area contributed by atoms with Crippen LogP contribution in [0, 0.1) is 11.8 Å². The topological polar surface area (TPSA) is 99.2 Å². The second kappa shape index (κ2) is 5.86. The number of aliphatic hydroxyl groups is 1. The molecule has 0 heterocycles. The van der Waals surface area contributed by atoms with Crippen LogP contribution in [0.25, 0.3) is 0 Å². The summed E-state index contributed by atoms with van der Waals surface area (Å²) in [5, 5.41) is 20.7. The van der Waals surface area contributed by atoms with E-state index in [1.54, 1.807) is 11.9 Å². The number of hydrogen-bond acceptors (Lipinski definition) is 4. The van der Waals surface area contributed by atoms with Gasteiger partial charge in [-0.2, -0.15) is 0 Å². The molecule has 4 N–H and O–H groups in total. The fourth-order valence-corrected chi connectivity index (χ4v) is 2.17. The lowest BCUT2D eigenvalue weighted by Crippen LogP contribution is -2.44. The molecule has 0 aliphatic heterocycles. The van der Waals surface area contributed by atoms with E-state index in [0.717, 1.165) is 12.8 Å². The molecule has 1 fully saturated rings. The van der Waals surface area contributed by atoms with Gasteiger partial charge < -0.3 is 20.9 Å². The van der Waals surface area contributed by atoms with Gasteiger partial charge in [0.2, 0.25) is 5.91 Å². The number of oxime groups is 1. The molecule has 1 saturated carbocycles. The standard InChI is InChI=1S/C11H21N3O3/c1-3-9(10(12)13-17)11(16)14(2)6-7-4-8(15)5-7/h7-9,15,17H,3-6H2,1-2H3,(H2,12,13). The normalized spacial score (nSPS) is 26.2. The van der Waals surface area contributed by atoms with Crippen LogP contribution in [0.3, 0.4) is 0 Å². The van der Waals surface area contributed by atoms with Gasteiger partial charge in [0, 0.05) is 13.6 Å². The van der Waals surface area contributed by atoms with Gasteiger partial charge in [-0.1, -0.05) is 12.1 Å². The molecule has 0 bridgehead atoms. The van der Waals surface area contributed by atoms with Crippen LogP contribution < -0.4 is 5.73 Å². The molecule has 1 atom stereocenters. The number of hydrogen-bond donors (Lipinski definition) is 3. The molecule has 0 aromatic carbocycles. The number of carbonyl (C=O) groups excluding carboxylic acids is 1. The summed E-state index contributed by atoms with van der Waals surface area (Å²) in [5.41, 5.74) is 5.48. The highest BCUT2D eigenvalue weighted by atomic mass is 16.4. The number of rotatable bonds is 5. The number of aliphatic hydroxyl groups excluding tert-OH is 1. The van der Waals surface area contributed by atoms with E-state index < -0.39 is 5.92 Å². The third-order valence-electron chi connectivity index (χ3n) is 3.30. The Morgan fingerprint density at radius 3 is 2.59 bits per heavy atom. The van der Waals surface area contributed by atoms with Crippen molar-refractivity contribution in [1.82, 2.24) is 4.90 Å². The fraction of sp³-hybridized carbons (Fsp3) is 0.818. The summed E-state index contributed by atoms with van der Waals surface area (Å²) in [4.78, 5) is 13.6. The summed E-state index contributed by atoms with van der Waals surface area (Å²) in [6.07, 6.45) is 1.79. The number of amides is 1. The zero-order chi connectivity index (χ0) is 13.0. The van der Waals surface area contributed by atoms with Crippen LogP contribution in [0.1, 0.15) is 26.2 Å². The highest BCUT2D eigenvalue weighted by Crippen LogP contribution is 2.28. The predicted octanol–water partition coefficient (Wildman–Crippen LogP) is -0.0117. The molecule has 0 spiro atoms. The molecular weight excluding hydrogens is 222 g/mol. The van der Waals surface area contributed by atoms with E-state index in [2.05, 4.69) is 5.16 Å². The largest absolute Gasteiger partial charge is 0.409 e. The summed E-state index contributed by atoms with van der Waals surface area (Å²) in [6.45, 7) is 2.44. The van der Waals surface area contributed by atoms with E-state index in [9.17, 15) is 9.90 Å². The van der Waals surface area contributed by atoms with Gasteiger partial charge in [0.1, 0.15) is 0 Å². The van der Waals surface area contributed by atoms with Crippen LogP contribution in [0.15, 0.2) is 5.16 Å². The Bertz CT molecular complexity index is 300. The first kappa shape index (κ1) is 13.8. The molecule has 6 nitrogen and oxygen atoms in total. The molecule has 0 aromatic heterocycles. The average molecular weight is 243 g/mol. The highest BCUT2D eigenvalue weighted by Gasteiger charge is 2.31. The van der Waals surface area contributed by atoms with E-state index in [-0.39, 0.29) is 17.8 Å². The number of amidine groups is 1. The average Bonchev–Trinajstić information content (AvgIpc) is 2.27. The molecule has 6 heteroatoms. The van der Waals surface area contributed by atoms with Gasteiger partial charge in [-0.25, -0.2) is 0 Å². The first-order chi connectivity index (χ1) is 7.99. The minimum Gasteiger partial charge on any atom is -0.409 e. The predicted molar refractivity (Wildman–Crippen MR) is 63.6 cm³/mol. The van der Waals surface area contributed by atoms with Crippen LogP contribution in [0.4, 0.5) is 0 Å². The zero-order valence-corrected chi connectivity index (χ0v) is 10.3. The third kappa shape index (κ3) is 3.33. The molecule has 1 rings (SSSR count). The van der Waals surface area contributed by atoms with Crippen molar-refractivity contribution in [2.75, 3.05) is 13.6 Å². The number of carbonyl (C=O) groups is 1. The maximum absolute atomic E-state index is 12.0. The molecule has 98 valence electrons. The third-order valence-corrected chi connectivity index (χ3v) is 3.30. The summed E-state index contributed by atoms with van der Waals surface area (Å²) in [5.74, 6) is -0.374. The first-order valence-electron chi connectivity index (χ1n) is 5.90. The van der Waals surface area contributed by atoms with Crippen molar-refractivity contribution in [2.45, 2.75) is 32.3 Å². The van der Waals surface area contributed by atoms with E-state index in [0.29, 0.717) is 18.9 Å². The molecule has 0 aromatic rings.